The Morgan fingerprint density at radius 3 is 2.31 bits per heavy atom. The molecule has 0 aromatic heterocycles. The molecular weight excluding hydrogens is 664 g/mol. The van der Waals surface area contributed by atoms with E-state index in [1.165, 1.54) is 61.3 Å². The summed E-state index contributed by atoms with van der Waals surface area (Å²) in [5, 5.41) is 15.0. The van der Waals surface area contributed by atoms with Crippen LogP contribution in [-0.4, -0.2) is 80.1 Å². The molecule has 1 aliphatic carbocycles. The number of aliphatic carboxylic acids is 1. The zero-order chi connectivity index (χ0) is 35.8. The zero-order valence-electron chi connectivity index (χ0n) is 26.8. The summed E-state index contributed by atoms with van der Waals surface area (Å²) in [6.07, 6.45) is 0.740. The number of ether oxygens (including phenoxy) is 1. The molecule has 0 spiro atoms. The lowest BCUT2D eigenvalue weighted by atomic mass is 9.92. The van der Waals surface area contributed by atoms with Gasteiger partial charge in [-0.3, -0.25) is 14.4 Å². The molecular formula is C33H35F2N5O8S. The molecule has 3 aromatic rings. The minimum atomic E-state index is -3.97. The number of carbonyl (C=O) groups is 4. The Hall–Kier alpha value is -5.25. The van der Waals surface area contributed by atoms with E-state index in [9.17, 15) is 37.1 Å². The lowest BCUT2D eigenvalue weighted by Crippen LogP contribution is -2.40. The number of methoxy groups -OCH3 is 1. The quantitative estimate of drug-likeness (QED) is 0.230. The number of carboxylic acid groups (broad SMARTS) is 1. The third-order valence-electron chi connectivity index (χ3n) is 8.56. The van der Waals surface area contributed by atoms with E-state index in [1.54, 1.807) is 0 Å². The van der Waals surface area contributed by atoms with Gasteiger partial charge in [-0.1, -0.05) is 6.07 Å². The highest BCUT2D eigenvalue weighted by Crippen LogP contribution is 2.45. The predicted molar refractivity (Wildman–Crippen MR) is 174 cm³/mol. The van der Waals surface area contributed by atoms with Crippen molar-refractivity contribution in [3.63, 3.8) is 0 Å². The molecule has 2 aliphatic rings. The molecule has 3 atom stereocenters. The molecule has 3 unspecified atom stereocenters. The van der Waals surface area contributed by atoms with Crippen molar-refractivity contribution in [1.29, 1.82) is 0 Å². The van der Waals surface area contributed by atoms with Crippen LogP contribution in [0.15, 0.2) is 59.5 Å². The Morgan fingerprint density at radius 2 is 1.69 bits per heavy atom. The normalized spacial score (nSPS) is 18.0. The second-order valence-electron chi connectivity index (χ2n) is 12.1. The highest BCUT2D eigenvalue weighted by Gasteiger charge is 2.48. The lowest BCUT2D eigenvalue weighted by Gasteiger charge is -2.33. The topological polar surface area (TPSA) is 188 Å². The number of sulfone groups is 1. The zero-order valence-corrected chi connectivity index (χ0v) is 27.6. The number of hydrogen-bond acceptors (Lipinski definition) is 8. The summed E-state index contributed by atoms with van der Waals surface area (Å²) in [6, 6.07) is 7.32. The third kappa shape index (κ3) is 7.13. The summed E-state index contributed by atoms with van der Waals surface area (Å²) in [5.74, 6) is -6.13. The molecule has 1 saturated heterocycles. The van der Waals surface area contributed by atoms with Crippen LogP contribution in [0.5, 0.6) is 5.75 Å². The van der Waals surface area contributed by atoms with Crippen molar-refractivity contribution < 1.29 is 46.2 Å². The summed E-state index contributed by atoms with van der Waals surface area (Å²) >= 11 is 0. The Labute approximate surface area is 280 Å². The first kappa shape index (κ1) is 35.1. The number of urea groups is 1. The number of amides is 4. The van der Waals surface area contributed by atoms with Gasteiger partial charge in [0.15, 0.2) is 21.4 Å². The molecule has 4 amide bonds. The minimum Gasteiger partial charge on any atom is -0.494 e. The summed E-state index contributed by atoms with van der Waals surface area (Å²) in [7, 11) is 0.240. The molecule has 1 saturated carbocycles. The first-order valence-corrected chi connectivity index (χ1v) is 16.8. The van der Waals surface area contributed by atoms with Crippen molar-refractivity contribution >= 4 is 45.0 Å². The molecule has 260 valence electrons. The molecule has 13 nitrogen and oxygen atoms in total. The number of carboxylic acids is 1. The lowest BCUT2D eigenvalue weighted by molar-refractivity contribution is -0.143. The average Bonchev–Trinajstić information content (AvgIpc) is 3.83. The number of nitrogens with one attached hydrogen (secondary N) is 2. The number of likely N-dealkylation sites (tertiary alicyclic amines) is 1. The maximum Gasteiger partial charge on any atom is 0.321 e. The van der Waals surface area contributed by atoms with Crippen molar-refractivity contribution in [1.82, 2.24) is 9.80 Å². The molecule has 49 heavy (non-hydrogen) atoms. The van der Waals surface area contributed by atoms with Crippen LogP contribution in [0.1, 0.15) is 52.8 Å². The smallest absolute Gasteiger partial charge is 0.321 e. The first-order valence-electron chi connectivity index (χ1n) is 15.2. The number of rotatable bonds is 11. The van der Waals surface area contributed by atoms with Gasteiger partial charge in [-0.15, -0.1) is 0 Å². The van der Waals surface area contributed by atoms with Crippen LogP contribution >= 0.6 is 0 Å². The number of primary amides is 1. The standard InChI is InChI=1S/C33H35F2N5O8S/c1-39(2)33(45)37-19-6-11-27(49(46,47)20-7-8-20)22(16-19)29-21(32(43)44)12-13-40(29)31(42)28(17-4-10-24(35)26(15-17)48-3)38-25-14-18(30(36)41)5-9-23(25)34/h4-6,9-11,14-16,20-21,28-29,38H,7-8,12-13H2,1-3H3,(H2,36,41)(H,37,45)(H,43,44). The molecule has 5 N–H and O–H groups in total. The van der Waals surface area contributed by atoms with Gasteiger partial charge in [0.2, 0.25) is 11.8 Å². The third-order valence-corrected chi connectivity index (χ3v) is 10.9. The number of halogens is 2. The molecule has 0 bridgehead atoms. The van der Waals surface area contributed by atoms with Crippen LogP contribution in [0.3, 0.4) is 0 Å². The number of benzene rings is 3. The summed E-state index contributed by atoms with van der Waals surface area (Å²) in [4.78, 5) is 54.0. The second kappa shape index (κ2) is 13.7. The van der Waals surface area contributed by atoms with Crippen molar-refractivity contribution in [3.05, 3.63) is 82.9 Å². The van der Waals surface area contributed by atoms with Gasteiger partial charge in [-0.05, 0) is 78.9 Å². The van der Waals surface area contributed by atoms with Crippen LogP contribution in [-0.2, 0) is 19.4 Å². The van der Waals surface area contributed by atoms with Gasteiger partial charge in [0.25, 0.3) is 0 Å². The largest absolute Gasteiger partial charge is 0.494 e. The van der Waals surface area contributed by atoms with Crippen LogP contribution in [0, 0.1) is 17.6 Å². The minimum absolute atomic E-state index is 0.0148. The fraction of sp³-hybridized carbons (Fsp3) is 0.333. The maximum absolute atomic E-state index is 15.1. The second-order valence-corrected chi connectivity index (χ2v) is 14.3. The van der Waals surface area contributed by atoms with E-state index in [0.717, 1.165) is 24.3 Å². The average molecular weight is 700 g/mol. The predicted octanol–water partition coefficient (Wildman–Crippen LogP) is 3.93. The number of hydrogen-bond donors (Lipinski definition) is 4. The van der Waals surface area contributed by atoms with Gasteiger partial charge in [0.05, 0.1) is 34.9 Å². The number of carbonyl (C=O) groups excluding carboxylic acids is 3. The Bertz CT molecular complexity index is 1940. The van der Waals surface area contributed by atoms with Gasteiger partial charge < -0.3 is 36.0 Å². The van der Waals surface area contributed by atoms with Crippen LogP contribution in [0.2, 0.25) is 0 Å². The van der Waals surface area contributed by atoms with Crippen molar-refractivity contribution in [2.75, 3.05) is 38.4 Å². The van der Waals surface area contributed by atoms with Gasteiger partial charge in [0, 0.05) is 31.9 Å². The van der Waals surface area contributed by atoms with Crippen molar-refractivity contribution in [2.24, 2.45) is 11.7 Å². The molecule has 1 heterocycles. The molecule has 1 aliphatic heterocycles. The van der Waals surface area contributed by atoms with Crippen LogP contribution in [0.4, 0.5) is 25.0 Å². The van der Waals surface area contributed by atoms with E-state index in [4.69, 9.17) is 10.5 Å². The summed E-state index contributed by atoms with van der Waals surface area (Å²) in [6.45, 7) is -0.155. The van der Waals surface area contributed by atoms with Crippen molar-refractivity contribution in [2.45, 2.75) is 41.5 Å². The van der Waals surface area contributed by atoms with E-state index in [1.807, 2.05) is 0 Å². The number of anilines is 2. The fourth-order valence-corrected chi connectivity index (χ4v) is 7.73. The molecule has 3 aromatic carbocycles. The van der Waals surface area contributed by atoms with Gasteiger partial charge in [-0.25, -0.2) is 22.0 Å². The maximum atomic E-state index is 15.1. The Morgan fingerprint density at radius 1 is 1.00 bits per heavy atom. The molecule has 2 fully saturated rings. The molecule has 0 radical (unpaired) electrons. The monoisotopic (exact) mass is 699 g/mol. The summed E-state index contributed by atoms with van der Waals surface area (Å²) in [5.41, 5.74) is 5.23. The van der Waals surface area contributed by atoms with E-state index in [-0.39, 0.29) is 51.7 Å². The van der Waals surface area contributed by atoms with Gasteiger partial charge in [0.1, 0.15) is 11.9 Å². The number of nitrogens with zero attached hydrogens (tertiary/aromatic N) is 2. The Balaban J connectivity index is 1.67. The van der Waals surface area contributed by atoms with E-state index >= 15 is 4.39 Å². The summed E-state index contributed by atoms with van der Waals surface area (Å²) < 4.78 is 62.1. The molecule has 5 rings (SSSR count). The van der Waals surface area contributed by atoms with E-state index in [2.05, 4.69) is 10.6 Å². The van der Waals surface area contributed by atoms with E-state index < -0.39 is 68.5 Å². The molecule has 16 heteroatoms. The van der Waals surface area contributed by atoms with Crippen LogP contribution in [0.25, 0.3) is 0 Å². The first-order chi connectivity index (χ1) is 23.1. The highest BCUT2D eigenvalue weighted by atomic mass is 32.2. The highest BCUT2D eigenvalue weighted by molar-refractivity contribution is 7.92. The fourth-order valence-electron chi connectivity index (χ4n) is 5.85. The van der Waals surface area contributed by atoms with E-state index in [0.29, 0.717) is 12.8 Å². The Kier molecular flexibility index (Phi) is 9.80. The van der Waals surface area contributed by atoms with Gasteiger partial charge >= 0.3 is 12.0 Å². The SMILES string of the molecule is COc1cc(C(Nc2cc(C(N)=O)ccc2F)C(=O)N2CCC(C(=O)O)C2c2cc(NC(=O)N(C)C)ccc2S(=O)(=O)C2CC2)ccc1F. The van der Waals surface area contributed by atoms with Crippen LogP contribution < -0.4 is 21.1 Å². The van der Waals surface area contributed by atoms with Crippen molar-refractivity contribution in [3.8, 4) is 5.75 Å². The van der Waals surface area contributed by atoms with Gasteiger partial charge in [-0.2, -0.15) is 0 Å². The number of nitrogens with two attached hydrogens (primary N) is 1.